The minimum absolute atomic E-state index is 0.0236. The summed E-state index contributed by atoms with van der Waals surface area (Å²) in [6.45, 7) is 8.82. The van der Waals surface area contributed by atoms with Gasteiger partial charge in [0.25, 0.3) is 0 Å². The first kappa shape index (κ1) is 23.5. The van der Waals surface area contributed by atoms with Gasteiger partial charge < -0.3 is 15.5 Å². The van der Waals surface area contributed by atoms with Gasteiger partial charge in [0.15, 0.2) is 0 Å². The Morgan fingerprint density at radius 3 is 2.42 bits per heavy atom. The average Bonchev–Trinajstić information content (AvgIpc) is 2.78. The van der Waals surface area contributed by atoms with Crippen molar-refractivity contribution in [1.82, 2.24) is 10.3 Å². The van der Waals surface area contributed by atoms with Crippen LogP contribution in [0.15, 0.2) is 24.3 Å². The number of nitrogens with zero attached hydrogens (tertiary/aromatic N) is 2. The third-order valence-corrected chi connectivity index (χ3v) is 7.03. The van der Waals surface area contributed by atoms with Crippen molar-refractivity contribution in [3.63, 3.8) is 0 Å². The van der Waals surface area contributed by atoms with E-state index in [2.05, 4.69) is 42.4 Å². The van der Waals surface area contributed by atoms with E-state index >= 15 is 0 Å². The first-order valence-electron chi connectivity index (χ1n) is 12.6. The van der Waals surface area contributed by atoms with Crippen molar-refractivity contribution in [3.05, 3.63) is 29.8 Å². The van der Waals surface area contributed by atoms with Gasteiger partial charge in [-0.3, -0.25) is 9.59 Å². The molecule has 1 aliphatic heterocycles. The maximum absolute atomic E-state index is 12.4. The highest BCUT2D eigenvalue weighted by molar-refractivity contribution is 5.96. The average molecular weight is 451 g/mol. The molecule has 4 rings (SSSR count). The van der Waals surface area contributed by atoms with Crippen LogP contribution in [0, 0.1) is 18.8 Å². The highest BCUT2D eigenvalue weighted by Gasteiger charge is 2.23. The van der Waals surface area contributed by atoms with Gasteiger partial charge in [-0.15, -0.1) is 0 Å². The van der Waals surface area contributed by atoms with Gasteiger partial charge in [-0.1, -0.05) is 33.1 Å². The summed E-state index contributed by atoms with van der Waals surface area (Å²) in [6.07, 6.45) is 7.42. The number of carbonyl (C=O) groups is 2. The van der Waals surface area contributed by atoms with Crippen LogP contribution in [0.4, 0.5) is 11.5 Å². The highest BCUT2D eigenvalue weighted by atomic mass is 16.2. The first-order valence-corrected chi connectivity index (χ1v) is 12.6. The third-order valence-electron chi connectivity index (χ3n) is 7.03. The number of amides is 2. The van der Waals surface area contributed by atoms with Crippen molar-refractivity contribution in [1.29, 1.82) is 0 Å². The molecule has 6 heteroatoms. The summed E-state index contributed by atoms with van der Waals surface area (Å²) in [5, 5.41) is 7.07. The fraction of sp³-hybridized carbons (Fsp3) is 0.593. The lowest BCUT2D eigenvalue weighted by molar-refractivity contribution is -0.125. The predicted octanol–water partition coefficient (Wildman–Crippen LogP) is 5.19. The van der Waals surface area contributed by atoms with E-state index in [1.807, 2.05) is 18.2 Å². The van der Waals surface area contributed by atoms with E-state index in [9.17, 15) is 9.59 Å². The molecule has 2 aliphatic rings. The van der Waals surface area contributed by atoms with Crippen LogP contribution in [-0.2, 0) is 9.59 Å². The molecule has 2 atom stereocenters. The Bertz CT molecular complexity index is 989. The Hall–Kier alpha value is -2.63. The molecule has 0 bridgehead atoms. The molecule has 2 fully saturated rings. The zero-order valence-electron chi connectivity index (χ0n) is 20.3. The van der Waals surface area contributed by atoms with Crippen LogP contribution in [0.25, 0.3) is 10.9 Å². The second kappa shape index (κ2) is 10.5. The Labute approximate surface area is 197 Å². The van der Waals surface area contributed by atoms with Crippen molar-refractivity contribution < 1.29 is 9.59 Å². The molecule has 1 aromatic carbocycles. The number of hydrogen-bond acceptors (Lipinski definition) is 4. The molecule has 0 spiro atoms. The molecule has 1 saturated heterocycles. The number of pyridine rings is 1. The number of aromatic nitrogens is 1. The van der Waals surface area contributed by atoms with Crippen LogP contribution < -0.4 is 15.5 Å². The standard InChI is InChI=1S/C27H38N4O2/c1-18-13-19(2)17-31(16-18)25-14-20(3)23-15-22(9-10-24(23)30-25)29-27(33)12-11-26(32)28-21-7-5-4-6-8-21/h9-10,14-15,18-19,21H,4-8,11-13,16-17H2,1-3H3,(H,28,32)(H,29,33). The van der Waals surface area contributed by atoms with Crippen molar-refractivity contribution in [3.8, 4) is 0 Å². The largest absolute Gasteiger partial charge is 0.356 e. The van der Waals surface area contributed by atoms with Crippen LogP contribution in [0.1, 0.15) is 70.8 Å². The number of hydrogen-bond donors (Lipinski definition) is 2. The maximum Gasteiger partial charge on any atom is 0.224 e. The molecule has 1 aromatic heterocycles. The van der Waals surface area contributed by atoms with Gasteiger partial charge in [-0.05, 0) is 67.9 Å². The fourth-order valence-corrected chi connectivity index (χ4v) is 5.46. The van der Waals surface area contributed by atoms with E-state index in [1.54, 1.807) is 0 Å². The lowest BCUT2D eigenvalue weighted by Crippen LogP contribution is -2.39. The molecule has 0 radical (unpaired) electrons. The third kappa shape index (κ3) is 6.24. The Kier molecular flexibility index (Phi) is 7.51. The number of benzene rings is 1. The predicted molar refractivity (Wildman–Crippen MR) is 135 cm³/mol. The topological polar surface area (TPSA) is 74.3 Å². The quantitative estimate of drug-likeness (QED) is 0.635. The van der Waals surface area contributed by atoms with E-state index in [4.69, 9.17) is 4.98 Å². The molecule has 1 saturated carbocycles. The first-order chi connectivity index (χ1) is 15.9. The molecule has 2 N–H and O–H groups in total. The SMILES string of the molecule is Cc1cc(N2CC(C)CC(C)C2)nc2ccc(NC(=O)CCC(=O)NC3CCCCC3)cc12. The molecule has 178 valence electrons. The van der Waals surface area contributed by atoms with Crippen LogP contribution >= 0.6 is 0 Å². The summed E-state index contributed by atoms with van der Waals surface area (Å²) in [5.41, 5.74) is 2.85. The molecule has 2 unspecified atom stereocenters. The van der Waals surface area contributed by atoms with E-state index in [0.29, 0.717) is 11.8 Å². The summed E-state index contributed by atoms with van der Waals surface area (Å²) < 4.78 is 0. The smallest absolute Gasteiger partial charge is 0.224 e. The highest BCUT2D eigenvalue weighted by Crippen LogP contribution is 2.29. The van der Waals surface area contributed by atoms with Gasteiger partial charge in [0.2, 0.25) is 11.8 Å². The number of rotatable bonds is 6. The van der Waals surface area contributed by atoms with E-state index in [0.717, 1.165) is 53.9 Å². The normalized spacial score (nSPS) is 21.7. The minimum atomic E-state index is -0.133. The minimum Gasteiger partial charge on any atom is -0.356 e. The lowest BCUT2D eigenvalue weighted by Gasteiger charge is -2.36. The van der Waals surface area contributed by atoms with Crippen LogP contribution in [-0.4, -0.2) is 35.9 Å². The van der Waals surface area contributed by atoms with Crippen LogP contribution in [0.2, 0.25) is 0 Å². The summed E-state index contributed by atoms with van der Waals surface area (Å²) in [5.74, 6) is 2.23. The zero-order valence-corrected chi connectivity index (χ0v) is 20.3. The summed E-state index contributed by atoms with van der Waals surface area (Å²) >= 11 is 0. The molecular formula is C27H38N4O2. The lowest BCUT2D eigenvalue weighted by atomic mass is 9.92. The number of fused-ring (bicyclic) bond motifs is 1. The maximum atomic E-state index is 12.4. The van der Waals surface area contributed by atoms with E-state index in [-0.39, 0.29) is 30.7 Å². The monoisotopic (exact) mass is 450 g/mol. The Balaban J connectivity index is 1.36. The second-order valence-corrected chi connectivity index (χ2v) is 10.3. The summed E-state index contributed by atoms with van der Waals surface area (Å²) in [7, 11) is 0. The number of carbonyl (C=O) groups excluding carboxylic acids is 2. The van der Waals surface area contributed by atoms with Gasteiger partial charge in [-0.2, -0.15) is 0 Å². The van der Waals surface area contributed by atoms with Gasteiger partial charge in [0.1, 0.15) is 5.82 Å². The number of piperidine rings is 1. The zero-order chi connectivity index (χ0) is 23.4. The van der Waals surface area contributed by atoms with Crippen LogP contribution in [0.5, 0.6) is 0 Å². The Morgan fingerprint density at radius 1 is 1.00 bits per heavy atom. The van der Waals surface area contributed by atoms with Crippen molar-refractivity contribution in [2.45, 2.75) is 78.2 Å². The molecule has 33 heavy (non-hydrogen) atoms. The molecular weight excluding hydrogens is 412 g/mol. The van der Waals surface area contributed by atoms with Gasteiger partial charge >= 0.3 is 0 Å². The van der Waals surface area contributed by atoms with Gasteiger partial charge in [0.05, 0.1) is 5.52 Å². The van der Waals surface area contributed by atoms with Gasteiger partial charge in [-0.25, -0.2) is 4.98 Å². The van der Waals surface area contributed by atoms with Crippen molar-refractivity contribution in [2.75, 3.05) is 23.3 Å². The molecule has 2 aromatic rings. The van der Waals surface area contributed by atoms with E-state index in [1.165, 1.54) is 25.7 Å². The number of anilines is 2. The molecule has 1 aliphatic carbocycles. The fourth-order valence-electron chi connectivity index (χ4n) is 5.46. The number of aryl methyl sites for hydroxylation is 1. The van der Waals surface area contributed by atoms with Gasteiger partial charge in [0, 0.05) is 43.0 Å². The van der Waals surface area contributed by atoms with Crippen LogP contribution in [0.3, 0.4) is 0 Å². The summed E-state index contributed by atoms with van der Waals surface area (Å²) in [6, 6.07) is 8.32. The second-order valence-electron chi connectivity index (χ2n) is 10.3. The Morgan fingerprint density at radius 2 is 1.70 bits per heavy atom. The van der Waals surface area contributed by atoms with E-state index < -0.39 is 0 Å². The molecule has 2 heterocycles. The summed E-state index contributed by atoms with van der Waals surface area (Å²) in [4.78, 5) is 32.0. The van der Waals surface area contributed by atoms with Crippen molar-refractivity contribution >= 4 is 34.2 Å². The molecule has 6 nitrogen and oxygen atoms in total. The van der Waals surface area contributed by atoms with Crippen molar-refractivity contribution in [2.24, 2.45) is 11.8 Å². The number of nitrogens with one attached hydrogen (secondary N) is 2. The molecule has 2 amide bonds.